The van der Waals surface area contributed by atoms with E-state index in [4.69, 9.17) is 0 Å². The van der Waals surface area contributed by atoms with Gasteiger partial charge < -0.3 is 20.1 Å². The fourth-order valence-electron chi connectivity index (χ4n) is 3.77. The third-order valence-corrected chi connectivity index (χ3v) is 5.40. The minimum atomic E-state index is 0.147. The number of piperidine rings is 1. The highest BCUT2D eigenvalue weighted by Crippen LogP contribution is 2.21. The van der Waals surface area contributed by atoms with Crippen LogP contribution in [0.4, 0.5) is 0 Å². The zero-order valence-electron chi connectivity index (χ0n) is 17.6. The number of hydrogen-bond acceptors (Lipinski definition) is 2. The first-order valence-corrected chi connectivity index (χ1v) is 10.6. The molecule has 0 atom stereocenters. The number of aryl methyl sites for hydroxylation is 1. The lowest BCUT2D eigenvalue weighted by atomic mass is 9.90. The van der Waals surface area contributed by atoms with Crippen LogP contribution < -0.4 is 10.6 Å². The second-order valence-corrected chi connectivity index (χ2v) is 7.75. The number of hydrogen-bond donors (Lipinski definition) is 2. The number of aliphatic imine (C=N–C) groups is 1. The maximum absolute atomic E-state index is 12.6. The largest absolute Gasteiger partial charge is 0.357 e. The standard InChI is InChI=1S/C23H33N5O/c1-3-24-23(25-16-21-9-12-27(2)18-21)26-17-22(29)28-13-10-20(11-14-28)15-19-7-5-4-6-8-19/h4-9,12,18,20H,3,10-11,13-17H2,1-2H3,(H2,24,25,26). The van der Waals surface area contributed by atoms with E-state index in [-0.39, 0.29) is 12.5 Å². The first-order chi connectivity index (χ1) is 14.1. The van der Waals surface area contributed by atoms with Gasteiger partial charge in [0.05, 0.1) is 13.1 Å². The number of likely N-dealkylation sites (tertiary alicyclic amines) is 1. The molecule has 3 rings (SSSR count). The Bertz CT molecular complexity index is 791. The molecule has 1 aromatic carbocycles. The number of carbonyl (C=O) groups is 1. The van der Waals surface area contributed by atoms with Gasteiger partial charge in [-0.3, -0.25) is 4.79 Å². The van der Waals surface area contributed by atoms with E-state index in [2.05, 4.69) is 58.2 Å². The molecule has 6 heteroatoms. The SMILES string of the molecule is CCNC(=NCc1ccn(C)c1)NCC(=O)N1CCC(Cc2ccccc2)CC1. The van der Waals surface area contributed by atoms with E-state index in [0.29, 0.717) is 18.4 Å². The number of aromatic nitrogens is 1. The Kier molecular flexibility index (Phi) is 7.73. The van der Waals surface area contributed by atoms with Crippen molar-refractivity contribution in [1.82, 2.24) is 20.1 Å². The van der Waals surface area contributed by atoms with Crippen molar-refractivity contribution in [2.75, 3.05) is 26.2 Å². The highest BCUT2D eigenvalue weighted by atomic mass is 16.2. The summed E-state index contributed by atoms with van der Waals surface area (Å²) in [6, 6.07) is 12.7. The molecule has 6 nitrogen and oxygen atoms in total. The summed E-state index contributed by atoms with van der Waals surface area (Å²) >= 11 is 0. The summed E-state index contributed by atoms with van der Waals surface area (Å²) in [7, 11) is 2.00. The van der Waals surface area contributed by atoms with Crippen LogP contribution in [-0.4, -0.2) is 47.5 Å². The van der Waals surface area contributed by atoms with Gasteiger partial charge in [-0.2, -0.15) is 0 Å². The monoisotopic (exact) mass is 395 g/mol. The smallest absolute Gasteiger partial charge is 0.241 e. The Labute approximate surface area is 174 Å². The number of rotatable bonds is 7. The molecule has 0 spiro atoms. The molecular weight excluding hydrogens is 362 g/mol. The molecule has 1 aliphatic heterocycles. The van der Waals surface area contributed by atoms with Crippen LogP contribution in [0.2, 0.25) is 0 Å². The van der Waals surface area contributed by atoms with Gasteiger partial charge in [-0.1, -0.05) is 30.3 Å². The van der Waals surface area contributed by atoms with Gasteiger partial charge in [0.2, 0.25) is 5.91 Å². The molecular formula is C23H33N5O. The summed E-state index contributed by atoms with van der Waals surface area (Å²) in [4.78, 5) is 19.2. The van der Waals surface area contributed by atoms with E-state index in [1.807, 2.05) is 29.6 Å². The second kappa shape index (κ2) is 10.7. The lowest BCUT2D eigenvalue weighted by molar-refractivity contribution is -0.131. The summed E-state index contributed by atoms with van der Waals surface area (Å²) in [5.74, 6) is 1.50. The molecule has 0 aliphatic carbocycles. The van der Waals surface area contributed by atoms with Crippen LogP contribution in [-0.2, 0) is 24.8 Å². The first-order valence-electron chi connectivity index (χ1n) is 10.6. The third-order valence-electron chi connectivity index (χ3n) is 5.40. The van der Waals surface area contributed by atoms with Gasteiger partial charge in [0.25, 0.3) is 0 Å². The highest BCUT2D eigenvalue weighted by molar-refractivity contribution is 5.86. The van der Waals surface area contributed by atoms with Crippen molar-refractivity contribution in [1.29, 1.82) is 0 Å². The lowest BCUT2D eigenvalue weighted by Gasteiger charge is -2.32. The van der Waals surface area contributed by atoms with Crippen LogP contribution in [0.3, 0.4) is 0 Å². The maximum Gasteiger partial charge on any atom is 0.241 e. The Morgan fingerprint density at radius 3 is 2.52 bits per heavy atom. The molecule has 2 N–H and O–H groups in total. The number of nitrogens with zero attached hydrogens (tertiary/aromatic N) is 3. The normalized spacial score (nSPS) is 15.4. The third kappa shape index (κ3) is 6.66. The van der Waals surface area contributed by atoms with E-state index < -0.39 is 0 Å². The van der Waals surface area contributed by atoms with Crippen molar-refractivity contribution in [2.45, 2.75) is 32.7 Å². The lowest BCUT2D eigenvalue weighted by Crippen LogP contribution is -2.47. The topological polar surface area (TPSA) is 61.7 Å². The summed E-state index contributed by atoms with van der Waals surface area (Å²) in [6.45, 7) is 5.35. The number of carbonyl (C=O) groups excluding carboxylic acids is 1. The van der Waals surface area contributed by atoms with Crippen molar-refractivity contribution in [3.8, 4) is 0 Å². The minimum absolute atomic E-state index is 0.147. The molecule has 156 valence electrons. The predicted octanol–water partition coefficient (Wildman–Crippen LogP) is 2.56. The number of guanidine groups is 1. The van der Waals surface area contributed by atoms with Crippen molar-refractivity contribution in [3.63, 3.8) is 0 Å². The zero-order valence-corrected chi connectivity index (χ0v) is 17.6. The van der Waals surface area contributed by atoms with E-state index >= 15 is 0 Å². The molecule has 0 unspecified atom stereocenters. The molecule has 0 radical (unpaired) electrons. The summed E-state index contributed by atoms with van der Waals surface area (Å²) < 4.78 is 2.01. The van der Waals surface area contributed by atoms with Crippen LogP contribution in [0.1, 0.15) is 30.9 Å². The molecule has 0 bridgehead atoms. The second-order valence-electron chi connectivity index (χ2n) is 7.75. The Hall–Kier alpha value is -2.76. The van der Waals surface area contributed by atoms with Crippen molar-refractivity contribution in [2.24, 2.45) is 18.0 Å². The summed E-state index contributed by atoms with van der Waals surface area (Å²) in [5.41, 5.74) is 2.54. The molecule has 1 fully saturated rings. The molecule has 1 amide bonds. The fourth-order valence-corrected chi connectivity index (χ4v) is 3.77. The van der Waals surface area contributed by atoms with Crippen molar-refractivity contribution >= 4 is 11.9 Å². The average molecular weight is 396 g/mol. The van der Waals surface area contributed by atoms with Gasteiger partial charge in [0.15, 0.2) is 5.96 Å². The summed E-state index contributed by atoms with van der Waals surface area (Å²) in [6.07, 6.45) is 7.32. The maximum atomic E-state index is 12.6. The molecule has 0 saturated carbocycles. The van der Waals surface area contributed by atoms with Crippen molar-refractivity contribution in [3.05, 3.63) is 59.9 Å². The van der Waals surface area contributed by atoms with Gasteiger partial charge in [0.1, 0.15) is 0 Å². The van der Waals surface area contributed by atoms with Gasteiger partial charge in [-0.05, 0) is 49.3 Å². The molecule has 2 heterocycles. The number of amides is 1. The van der Waals surface area contributed by atoms with Gasteiger partial charge >= 0.3 is 0 Å². The Balaban J connectivity index is 1.43. The van der Waals surface area contributed by atoms with Crippen LogP contribution in [0.5, 0.6) is 0 Å². The van der Waals surface area contributed by atoms with Crippen LogP contribution in [0.25, 0.3) is 0 Å². The van der Waals surface area contributed by atoms with Gasteiger partial charge in [0, 0.05) is 39.1 Å². The van der Waals surface area contributed by atoms with Gasteiger partial charge in [-0.15, -0.1) is 0 Å². The van der Waals surface area contributed by atoms with Crippen LogP contribution in [0, 0.1) is 5.92 Å². The van der Waals surface area contributed by atoms with Crippen LogP contribution in [0.15, 0.2) is 53.8 Å². The van der Waals surface area contributed by atoms with E-state index in [9.17, 15) is 4.79 Å². The molecule has 1 aliphatic rings. The number of nitrogens with one attached hydrogen (secondary N) is 2. The molecule has 2 aromatic rings. The zero-order chi connectivity index (χ0) is 20.5. The molecule has 1 saturated heterocycles. The van der Waals surface area contributed by atoms with E-state index in [0.717, 1.165) is 44.5 Å². The molecule has 1 aromatic heterocycles. The first kappa shape index (κ1) is 21.0. The molecule has 29 heavy (non-hydrogen) atoms. The average Bonchev–Trinajstić information content (AvgIpc) is 3.16. The minimum Gasteiger partial charge on any atom is -0.357 e. The number of benzene rings is 1. The quantitative estimate of drug-likeness (QED) is 0.560. The van der Waals surface area contributed by atoms with E-state index in [1.165, 1.54) is 5.56 Å². The van der Waals surface area contributed by atoms with Crippen molar-refractivity contribution < 1.29 is 4.79 Å². The van der Waals surface area contributed by atoms with Gasteiger partial charge in [-0.25, -0.2) is 4.99 Å². The fraction of sp³-hybridized carbons (Fsp3) is 0.478. The van der Waals surface area contributed by atoms with Crippen LogP contribution >= 0.6 is 0 Å². The Morgan fingerprint density at radius 1 is 1.10 bits per heavy atom. The van der Waals surface area contributed by atoms with E-state index in [1.54, 1.807) is 0 Å². The predicted molar refractivity (Wildman–Crippen MR) is 118 cm³/mol. The Morgan fingerprint density at radius 2 is 1.86 bits per heavy atom. The highest BCUT2D eigenvalue weighted by Gasteiger charge is 2.22. The summed E-state index contributed by atoms with van der Waals surface area (Å²) in [5, 5.41) is 6.40.